The zero-order valence-electron chi connectivity index (χ0n) is 12.8. The Balaban J connectivity index is 0.000000526. The zero-order valence-corrected chi connectivity index (χ0v) is 13.6. The van der Waals surface area contributed by atoms with Crippen LogP contribution in [0.15, 0.2) is 33.9 Å². The molecule has 24 heavy (non-hydrogen) atoms. The van der Waals surface area contributed by atoms with Crippen LogP contribution in [0.2, 0.25) is 0 Å². The molecule has 0 fully saturated rings. The third-order valence-electron chi connectivity index (χ3n) is 3.69. The number of nitrogens with zero attached hydrogens (tertiary/aromatic N) is 2. The van der Waals surface area contributed by atoms with Crippen molar-refractivity contribution in [2.24, 2.45) is 0 Å². The summed E-state index contributed by atoms with van der Waals surface area (Å²) in [5, 5.41) is 4.11. The molecule has 3 aromatic rings. The van der Waals surface area contributed by atoms with Gasteiger partial charge in [-0.05, 0) is 40.4 Å². The van der Waals surface area contributed by atoms with Crippen molar-refractivity contribution >= 4 is 17.5 Å². The second kappa shape index (κ2) is 6.70. The molecule has 4 rings (SSSR count). The van der Waals surface area contributed by atoms with Crippen molar-refractivity contribution in [1.82, 2.24) is 15.0 Å². The first-order valence-corrected chi connectivity index (χ1v) is 8.15. The Labute approximate surface area is 141 Å². The van der Waals surface area contributed by atoms with Gasteiger partial charge in [-0.15, -0.1) is 0 Å². The topological polar surface area (TPSA) is 92.8 Å². The SMILES string of the molecule is Cc1cnc2c(c1)Cc1nc(Cc3ccsc3)[nH]c(=O)c1-2.O=C=O. The minimum atomic E-state index is -0.0830. The lowest BCUT2D eigenvalue weighted by Crippen LogP contribution is -2.15. The molecule has 0 radical (unpaired) electrons. The van der Waals surface area contributed by atoms with Gasteiger partial charge in [-0.1, -0.05) is 6.07 Å². The number of pyridine rings is 1. The van der Waals surface area contributed by atoms with Gasteiger partial charge in [-0.2, -0.15) is 20.9 Å². The number of fused-ring (bicyclic) bond motifs is 3. The van der Waals surface area contributed by atoms with Gasteiger partial charge in [-0.25, -0.2) is 4.98 Å². The van der Waals surface area contributed by atoms with E-state index in [1.54, 1.807) is 17.5 Å². The first-order valence-electron chi connectivity index (χ1n) is 7.20. The summed E-state index contributed by atoms with van der Waals surface area (Å²) < 4.78 is 0. The quantitative estimate of drug-likeness (QED) is 0.604. The maximum atomic E-state index is 12.4. The predicted molar refractivity (Wildman–Crippen MR) is 87.8 cm³/mol. The smallest absolute Gasteiger partial charge is 0.310 e. The van der Waals surface area contributed by atoms with E-state index in [0.717, 1.165) is 28.3 Å². The number of nitrogens with one attached hydrogen (secondary N) is 1. The lowest BCUT2D eigenvalue weighted by Gasteiger charge is -2.03. The number of aryl methyl sites for hydroxylation is 1. The van der Waals surface area contributed by atoms with Crippen molar-refractivity contribution in [2.45, 2.75) is 19.8 Å². The molecule has 0 spiro atoms. The summed E-state index contributed by atoms with van der Waals surface area (Å²) in [5.41, 5.74) is 5.56. The molecule has 120 valence electrons. The first-order chi connectivity index (χ1) is 11.6. The van der Waals surface area contributed by atoms with Gasteiger partial charge in [-0.3, -0.25) is 9.78 Å². The molecule has 1 aliphatic carbocycles. The number of aromatic amines is 1. The van der Waals surface area contributed by atoms with E-state index >= 15 is 0 Å². The lowest BCUT2D eigenvalue weighted by atomic mass is 10.1. The fraction of sp³-hybridized carbons (Fsp3) is 0.176. The van der Waals surface area contributed by atoms with Crippen LogP contribution in [0.3, 0.4) is 0 Å². The molecule has 7 heteroatoms. The second-order valence-electron chi connectivity index (χ2n) is 5.42. The number of carbonyl (C=O) groups excluding carboxylic acids is 2. The summed E-state index contributed by atoms with van der Waals surface area (Å²) in [4.78, 5) is 40.6. The van der Waals surface area contributed by atoms with E-state index in [0.29, 0.717) is 18.4 Å². The molecule has 1 aliphatic rings. The van der Waals surface area contributed by atoms with Crippen LogP contribution < -0.4 is 5.56 Å². The van der Waals surface area contributed by atoms with Gasteiger partial charge in [0.15, 0.2) is 0 Å². The van der Waals surface area contributed by atoms with E-state index in [9.17, 15) is 4.79 Å². The molecule has 3 heterocycles. The van der Waals surface area contributed by atoms with Crippen LogP contribution in [0.1, 0.15) is 28.2 Å². The third kappa shape index (κ3) is 3.08. The zero-order chi connectivity index (χ0) is 17.1. The van der Waals surface area contributed by atoms with Crippen molar-refractivity contribution in [3.8, 4) is 11.3 Å². The molecule has 0 aromatic carbocycles. The van der Waals surface area contributed by atoms with Crippen LogP contribution in [-0.2, 0) is 22.4 Å². The van der Waals surface area contributed by atoms with Crippen molar-refractivity contribution < 1.29 is 9.59 Å². The van der Waals surface area contributed by atoms with E-state index in [1.165, 1.54) is 5.56 Å². The van der Waals surface area contributed by atoms with Gasteiger partial charge in [0.2, 0.25) is 0 Å². The molecule has 3 aromatic heterocycles. The molecular formula is C17H13N3O3S. The number of aromatic nitrogens is 3. The molecule has 0 saturated carbocycles. The highest BCUT2D eigenvalue weighted by Crippen LogP contribution is 2.31. The minimum absolute atomic E-state index is 0.0830. The summed E-state index contributed by atoms with van der Waals surface area (Å²) in [6, 6.07) is 4.14. The van der Waals surface area contributed by atoms with Gasteiger partial charge in [0, 0.05) is 19.0 Å². The molecule has 0 bridgehead atoms. The van der Waals surface area contributed by atoms with Crippen LogP contribution in [0, 0.1) is 6.92 Å². The number of hydrogen-bond acceptors (Lipinski definition) is 6. The van der Waals surface area contributed by atoms with Gasteiger partial charge in [0.1, 0.15) is 5.82 Å². The second-order valence-corrected chi connectivity index (χ2v) is 6.20. The summed E-state index contributed by atoms with van der Waals surface area (Å²) >= 11 is 1.65. The number of hydrogen-bond donors (Lipinski definition) is 1. The van der Waals surface area contributed by atoms with Crippen LogP contribution >= 0.6 is 11.3 Å². The standard InChI is InChI=1S/C16H13N3OS.CO2/c1-9-4-11-6-12-14(15(11)17-7-9)16(20)19-13(18-12)5-10-2-3-21-8-10;2-1-3/h2-4,7-8H,5-6H2,1H3,(H,18,19,20);. The Bertz CT molecular complexity index is 971. The number of H-pyrrole nitrogens is 1. The van der Waals surface area contributed by atoms with Crippen molar-refractivity contribution in [1.29, 1.82) is 0 Å². The molecular weight excluding hydrogens is 326 g/mol. The fourth-order valence-corrected chi connectivity index (χ4v) is 3.45. The van der Waals surface area contributed by atoms with Crippen LogP contribution in [-0.4, -0.2) is 21.1 Å². The highest BCUT2D eigenvalue weighted by Gasteiger charge is 2.25. The predicted octanol–water partition coefficient (Wildman–Crippen LogP) is 2.11. The van der Waals surface area contributed by atoms with E-state index in [-0.39, 0.29) is 11.7 Å². The number of thiophene rings is 1. The Morgan fingerprint density at radius 1 is 1.38 bits per heavy atom. The summed E-state index contributed by atoms with van der Waals surface area (Å²) in [6.45, 7) is 2.01. The highest BCUT2D eigenvalue weighted by atomic mass is 32.1. The monoisotopic (exact) mass is 339 g/mol. The largest absolute Gasteiger partial charge is 0.373 e. The molecule has 6 nitrogen and oxygen atoms in total. The van der Waals surface area contributed by atoms with Gasteiger partial charge in [0.25, 0.3) is 5.56 Å². The maximum Gasteiger partial charge on any atom is 0.373 e. The lowest BCUT2D eigenvalue weighted by molar-refractivity contribution is -0.191. The molecule has 0 amide bonds. The van der Waals surface area contributed by atoms with Crippen LogP contribution in [0.25, 0.3) is 11.3 Å². The van der Waals surface area contributed by atoms with Crippen LogP contribution in [0.5, 0.6) is 0 Å². The normalized spacial score (nSPS) is 11.0. The Morgan fingerprint density at radius 3 is 2.88 bits per heavy atom. The third-order valence-corrected chi connectivity index (χ3v) is 4.43. The van der Waals surface area contributed by atoms with Crippen molar-refractivity contribution in [3.63, 3.8) is 0 Å². The average Bonchev–Trinajstić information content (AvgIpc) is 3.14. The van der Waals surface area contributed by atoms with Gasteiger partial charge < -0.3 is 4.98 Å². The fourth-order valence-electron chi connectivity index (χ4n) is 2.78. The van der Waals surface area contributed by atoms with Crippen LogP contribution in [0.4, 0.5) is 0 Å². The van der Waals surface area contributed by atoms with Gasteiger partial charge >= 0.3 is 6.15 Å². The van der Waals surface area contributed by atoms with Crippen molar-refractivity contribution in [2.75, 3.05) is 0 Å². The molecule has 0 aliphatic heterocycles. The van der Waals surface area contributed by atoms with E-state index in [1.807, 2.05) is 12.3 Å². The first kappa shape index (κ1) is 16.0. The van der Waals surface area contributed by atoms with E-state index in [2.05, 4.69) is 32.5 Å². The molecule has 1 N–H and O–H groups in total. The summed E-state index contributed by atoms with van der Waals surface area (Å²) in [6.07, 6.45) is 3.40. The summed E-state index contributed by atoms with van der Waals surface area (Å²) in [7, 11) is 0. The highest BCUT2D eigenvalue weighted by molar-refractivity contribution is 7.07. The minimum Gasteiger partial charge on any atom is -0.310 e. The molecule has 0 unspecified atom stereocenters. The van der Waals surface area contributed by atoms with E-state index < -0.39 is 0 Å². The van der Waals surface area contributed by atoms with Gasteiger partial charge in [0.05, 0.1) is 17.0 Å². The molecule has 0 atom stereocenters. The average molecular weight is 339 g/mol. The Hall–Kier alpha value is -2.89. The Morgan fingerprint density at radius 2 is 2.17 bits per heavy atom. The number of rotatable bonds is 2. The van der Waals surface area contributed by atoms with E-state index in [4.69, 9.17) is 9.59 Å². The molecule has 0 saturated heterocycles. The van der Waals surface area contributed by atoms with Crippen molar-refractivity contribution in [3.05, 3.63) is 67.7 Å². The Kier molecular flexibility index (Phi) is 4.46. The summed E-state index contributed by atoms with van der Waals surface area (Å²) in [5.74, 6) is 0.724. The maximum absolute atomic E-state index is 12.4.